The largest absolute Gasteiger partial charge is 1.00 e. The van der Waals surface area contributed by atoms with Gasteiger partial charge in [0.2, 0.25) is 0 Å². The third-order valence-corrected chi connectivity index (χ3v) is 3.66. The second-order valence-electron chi connectivity index (χ2n) is 4.06. The summed E-state index contributed by atoms with van der Waals surface area (Å²) in [5.41, 5.74) is 1.53. The van der Waals surface area contributed by atoms with Gasteiger partial charge in [-0.2, -0.15) is 0 Å². The normalized spacial score (nSPS) is 11.2. The van der Waals surface area contributed by atoms with E-state index in [-0.39, 0.29) is 40.0 Å². The van der Waals surface area contributed by atoms with Crippen LogP contribution in [0, 0.1) is 0 Å². The molecule has 0 fully saturated rings. The van der Waals surface area contributed by atoms with Crippen LogP contribution in [0.5, 0.6) is 0 Å². The molecule has 5 nitrogen and oxygen atoms in total. The molecule has 0 amide bonds. The molecule has 0 atom stereocenters. The smallest absolute Gasteiger partial charge is 0.744 e. The Balaban J connectivity index is 0.00000147. The Kier molecular flexibility index (Phi) is 4.31. The van der Waals surface area contributed by atoms with Crippen molar-refractivity contribution in [3.05, 3.63) is 48.5 Å². The van der Waals surface area contributed by atoms with Gasteiger partial charge in [-0.15, -0.1) is 0 Å². The predicted molar refractivity (Wildman–Crippen MR) is 69.5 cm³/mol. The van der Waals surface area contributed by atoms with Crippen LogP contribution in [0.2, 0.25) is 0 Å². The molecule has 0 aliphatic heterocycles. The molecule has 0 saturated heterocycles. The number of nitrogens with zero attached hydrogens (tertiary/aromatic N) is 1. The molecule has 1 N–H and O–H groups in total. The van der Waals surface area contributed by atoms with E-state index in [1.54, 1.807) is 6.07 Å². The van der Waals surface area contributed by atoms with E-state index < -0.39 is 10.1 Å². The number of benzene rings is 2. The van der Waals surface area contributed by atoms with E-state index in [0.29, 0.717) is 11.3 Å². The van der Waals surface area contributed by atoms with E-state index in [1.165, 1.54) is 12.1 Å². The minimum Gasteiger partial charge on any atom is -0.744 e. The molecule has 1 heterocycles. The summed E-state index contributed by atoms with van der Waals surface area (Å²) in [5, 5.41) is 0. The molecule has 0 saturated carbocycles. The van der Waals surface area contributed by atoms with Crippen molar-refractivity contribution in [2.75, 3.05) is 0 Å². The number of imidazole rings is 1. The third kappa shape index (κ3) is 2.79. The van der Waals surface area contributed by atoms with Crippen molar-refractivity contribution >= 4 is 21.2 Å². The predicted octanol–water partition coefficient (Wildman–Crippen LogP) is -0.862. The van der Waals surface area contributed by atoms with Gasteiger partial charge in [0.1, 0.15) is 21.5 Å². The average molecular weight is 296 g/mol. The number of rotatable bonds is 2. The van der Waals surface area contributed by atoms with E-state index in [9.17, 15) is 13.0 Å². The van der Waals surface area contributed by atoms with Crippen LogP contribution in [-0.2, 0) is 10.1 Å². The first kappa shape index (κ1) is 15.2. The zero-order valence-electron chi connectivity index (χ0n) is 10.7. The molecule has 3 aromatic rings. The Morgan fingerprint density at radius 2 is 1.70 bits per heavy atom. The maximum absolute atomic E-state index is 11.2. The number of aromatic amines is 1. The molecule has 20 heavy (non-hydrogen) atoms. The van der Waals surface area contributed by atoms with Crippen molar-refractivity contribution in [1.82, 2.24) is 9.97 Å². The topological polar surface area (TPSA) is 85.9 Å². The maximum atomic E-state index is 11.2. The third-order valence-electron chi connectivity index (χ3n) is 2.79. The van der Waals surface area contributed by atoms with Crippen molar-refractivity contribution in [3.8, 4) is 11.4 Å². The Labute approximate surface area is 138 Å². The second-order valence-corrected chi connectivity index (χ2v) is 5.41. The van der Waals surface area contributed by atoms with Gasteiger partial charge in [-0.25, -0.2) is 13.4 Å². The van der Waals surface area contributed by atoms with Crippen LogP contribution in [0.25, 0.3) is 22.4 Å². The maximum Gasteiger partial charge on any atom is 1.00 e. The van der Waals surface area contributed by atoms with Crippen LogP contribution < -0.4 is 29.6 Å². The van der Waals surface area contributed by atoms with E-state index in [2.05, 4.69) is 9.97 Å². The molecular formula is C13H9N2NaO3S. The van der Waals surface area contributed by atoms with Crippen LogP contribution >= 0.6 is 0 Å². The van der Waals surface area contributed by atoms with Crippen molar-refractivity contribution in [3.63, 3.8) is 0 Å². The van der Waals surface area contributed by atoms with Gasteiger partial charge >= 0.3 is 29.6 Å². The Bertz CT molecular complexity index is 844. The molecule has 0 aliphatic rings. The number of H-pyrrole nitrogens is 1. The summed E-state index contributed by atoms with van der Waals surface area (Å²) in [6.45, 7) is 0. The zero-order chi connectivity index (χ0) is 13.5. The van der Waals surface area contributed by atoms with E-state index in [4.69, 9.17) is 0 Å². The molecular weight excluding hydrogens is 287 g/mol. The van der Waals surface area contributed by atoms with Gasteiger partial charge in [0, 0.05) is 5.56 Å². The Morgan fingerprint density at radius 3 is 2.35 bits per heavy atom. The zero-order valence-corrected chi connectivity index (χ0v) is 13.5. The van der Waals surface area contributed by atoms with Crippen molar-refractivity contribution in [2.24, 2.45) is 0 Å². The van der Waals surface area contributed by atoms with Gasteiger partial charge in [0.15, 0.2) is 0 Å². The summed E-state index contributed by atoms with van der Waals surface area (Å²) in [5.74, 6) is 0.534. The molecule has 0 aliphatic carbocycles. The molecule has 0 spiro atoms. The van der Waals surface area contributed by atoms with Crippen LogP contribution in [0.4, 0.5) is 0 Å². The molecule has 0 bridgehead atoms. The van der Waals surface area contributed by atoms with Crippen molar-refractivity contribution in [1.29, 1.82) is 0 Å². The molecule has 3 rings (SSSR count). The monoisotopic (exact) mass is 296 g/mol. The summed E-state index contributed by atoms with van der Waals surface area (Å²) in [7, 11) is -4.53. The number of para-hydroxylation sites is 1. The van der Waals surface area contributed by atoms with E-state index in [0.717, 1.165) is 5.56 Å². The fourth-order valence-corrected chi connectivity index (χ4v) is 2.58. The summed E-state index contributed by atoms with van der Waals surface area (Å²) in [6, 6.07) is 13.7. The van der Waals surface area contributed by atoms with E-state index in [1.807, 2.05) is 30.3 Å². The molecule has 1 aromatic heterocycles. The minimum atomic E-state index is -4.53. The first-order valence-electron chi connectivity index (χ1n) is 5.56. The molecule has 7 heteroatoms. The van der Waals surface area contributed by atoms with Gasteiger partial charge in [-0.05, 0) is 12.1 Å². The van der Waals surface area contributed by atoms with Gasteiger partial charge in [0.05, 0.1) is 10.4 Å². The number of nitrogens with one attached hydrogen (secondary N) is 1. The van der Waals surface area contributed by atoms with Gasteiger partial charge in [-0.1, -0.05) is 36.4 Å². The number of hydrogen-bond acceptors (Lipinski definition) is 4. The summed E-state index contributed by atoms with van der Waals surface area (Å²) in [4.78, 5) is 6.92. The SMILES string of the molecule is O=S(=O)([O-])c1cccc2[nH]c(-c3ccccc3)nc12.[Na+]. The minimum absolute atomic E-state index is 0. The van der Waals surface area contributed by atoms with Crippen LogP contribution in [-0.4, -0.2) is 22.9 Å². The number of aromatic nitrogens is 2. The Morgan fingerprint density at radius 1 is 1.00 bits per heavy atom. The number of fused-ring (bicyclic) bond motifs is 1. The quantitative estimate of drug-likeness (QED) is 0.492. The molecule has 0 radical (unpaired) electrons. The standard InChI is InChI=1S/C13H10N2O3S.Na/c16-19(17,18)11-8-4-7-10-12(11)15-13(14-10)9-5-2-1-3-6-9;/h1-8H,(H,14,15)(H,16,17,18);/q;+1/p-1. The van der Waals surface area contributed by atoms with Crippen LogP contribution in [0.3, 0.4) is 0 Å². The Hall–Kier alpha value is -1.18. The molecule has 2 aromatic carbocycles. The fourth-order valence-electron chi connectivity index (χ4n) is 1.94. The fraction of sp³-hybridized carbons (Fsp3) is 0. The summed E-state index contributed by atoms with van der Waals surface area (Å²) < 4.78 is 33.5. The summed E-state index contributed by atoms with van der Waals surface area (Å²) in [6.07, 6.45) is 0. The average Bonchev–Trinajstić information content (AvgIpc) is 2.82. The molecule has 96 valence electrons. The van der Waals surface area contributed by atoms with Crippen molar-refractivity contribution < 1.29 is 42.5 Å². The first-order valence-corrected chi connectivity index (χ1v) is 6.96. The first-order chi connectivity index (χ1) is 9.05. The van der Waals surface area contributed by atoms with Crippen LogP contribution in [0.1, 0.15) is 0 Å². The van der Waals surface area contributed by atoms with Gasteiger partial charge in [0.25, 0.3) is 0 Å². The molecule has 0 unspecified atom stereocenters. The van der Waals surface area contributed by atoms with Gasteiger partial charge in [-0.3, -0.25) is 0 Å². The van der Waals surface area contributed by atoms with Gasteiger partial charge < -0.3 is 9.54 Å². The van der Waals surface area contributed by atoms with E-state index >= 15 is 0 Å². The van der Waals surface area contributed by atoms with Crippen LogP contribution in [0.15, 0.2) is 53.4 Å². The van der Waals surface area contributed by atoms with Crippen molar-refractivity contribution in [2.45, 2.75) is 4.90 Å². The summed E-state index contributed by atoms with van der Waals surface area (Å²) >= 11 is 0. The second kappa shape index (κ2) is 5.67. The number of hydrogen-bond donors (Lipinski definition) is 1.